The average Bonchev–Trinajstić information content (AvgIpc) is 3.16. The molecule has 6 nitrogen and oxygen atoms in total. The van der Waals surface area contributed by atoms with Crippen LogP contribution in [0.3, 0.4) is 0 Å². The van der Waals surface area contributed by atoms with Crippen LogP contribution >= 0.6 is 11.6 Å². The molecule has 1 unspecified atom stereocenters. The lowest BCUT2D eigenvalue weighted by atomic mass is 10.0. The number of hydrogen-bond donors (Lipinski definition) is 1. The summed E-state index contributed by atoms with van der Waals surface area (Å²) in [6.07, 6.45) is -12.0. The number of hydrogen-bond acceptors (Lipinski definition) is 4. The molecule has 0 saturated carbocycles. The van der Waals surface area contributed by atoms with Gasteiger partial charge in [-0.15, -0.1) is 13.2 Å². The van der Waals surface area contributed by atoms with Crippen molar-refractivity contribution in [1.82, 2.24) is 4.57 Å². The Morgan fingerprint density at radius 1 is 0.976 bits per heavy atom. The van der Waals surface area contributed by atoms with Gasteiger partial charge in [-0.3, -0.25) is 4.79 Å². The van der Waals surface area contributed by atoms with Gasteiger partial charge in [-0.25, -0.2) is 4.79 Å². The number of fused-ring (bicyclic) bond motifs is 1. The van der Waals surface area contributed by atoms with Crippen molar-refractivity contribution < 1.29 is 50.5 Å². The van der Waals surface area contributed by atoms with Gasteiger partial charge < -0.3 is 19.1 Å². The number of carbonyl (C=O) groups excluding carboxylic acids is 1. The van der Waals surface area contributed by atoms with E-state index in [0.29, 0.717) is 21.8 Å². The number of aromatic nitrogens is 1. The van der Waals surface area contributed by atoms with Gasteiger partial charge in [0.25, 0.3) is 0 Å². The van der Waals surface area contributed by atoms with Gasteiger partial charge in [-0.05, 0) is 61.0 Å². The Morgan fingerprint density at radius 3 is 2.27 bits per heavy atom. The van der Waals surface area contributed by atoms with Crippen molar-refractivity contribution in [2.45, 2.75) is 32.0 Å². The maximum atomic E-state index is 13.5. The molecule has 0 spiro atoms. The average molecular weight is 600 g/mol. The van der Waals surface area contributed by atoms with Gasteiger partial charge in [-0.2, -0.15) is 13.2 Å². The SMILES string of the molecule is Cc1c(C(=O)c2ccc(Cl)cc2)c2ccc(OC(F)(F)F)cc2n1-c1cccc(CC(OCC(F)(F)F)C(=O)O)c1. The maximum absolute atomic E-state index is 13.5. The van der Waals surface area contributed by atoms with Crippen LogP contribution in [0.5, 0.6) is 5.75 Å². The van der Waals surface area contributed by atoms with Gasteiger partial charge in [0.15, 0.2) is 11.9 Å². The molecule has 0 amide bonds. The predicted octanol–water partition coefficient (Wildman–Crippen LogP) is 7.30. The summed E-state index contributed by atoms with van der Waals surface area (Å²) in [5.74, 6) is -2.58. The molecule has 1 N–H and O–H groups in total. The number of ether oxygens (including phenoxy) is 2. The first-order valence-electron chi connectivity index (χ1n) is 11.8. The highest BCUT2D eigenvalue weighted by molar-refractivity contribution is 6.30. The molecule has 3 aromatic carbocycles. The lowest BCUT2D eigenvalue weighted by Gasteiger charge is -2.16. The molecular formula is C28H20ClF6NO5. The van der Waals surface area contributed by atoms with Crippen molar-refractivity contribution in [2.75, 3.05) is 6.61 Å². The molecule has 4 aromatic rings. The van der Waals surface area contributed by atoms with Crippen molar-refractivity contribution in [3.63, 3.8) is 0 Å². The molecule has 0 aliphatic carbocycles. The number of ketones is 1. The number of rotatable bonds is 9. The Hall–Kier alpha value is -4.03. The zero-order valence-electron chi connectivity index (χ0n) is 21.0. The molecule has 1 atom stereocenters. The fourth-order valence-corrected chi connectivity index (χ4v) is 4.53. The van der Waals surface area contributed by atoms with E-state index in [-0.39, 0.29) is 22.2 Å². The molecule has 41 heavy (non-hydrogen) atoms. The monoisotopic (exact) mass is 599 g/mol. The molecule has 216 valence electrons. The van der Waals surface area contributed by atoms with E-state index in [1.54, 1.807) is 13.0 Å². The number of aliphatic carboxylic acids is 1. The largest absolute Gasteiger partial charge is 0.573 e. The highest BCUT2D eigenvalue weighted by Crippen LogP contribution is 2.35. The third-order valence-corrected chi connectivity index (χ3v) is 6.31. The smallest absolute Gasteiger partial charge is 0.479 e. The number of nitrogens with zero attached hydrogens (tertiary/aromatic N) is 1. The first-order valence-corrected chi connectivity index (χ1v) is 12.2. The number of halogens is 7. The number of carbonyl (C=O) groups is 2. The molecule has 1 aromatic heterocycles. The Kier molecular flexibility index (Phi) is 8.36. The van der Waals surface area contributed by atoms with E-state index in [1.165, 1.54) is 53.1 Å². The van der Waals surface area contributed by atoms with Crippen LogP contribution in [0.15, 0.2) is 66.7 Å². The van der Waals surface area contributed by atoms with Crippen LogP contribution in [0.4, 0.5) is 26.3 Å². The highest BCUT2D eigenvalue weighted by atomic mass is 35.5. The topological polar surface area (TPSA) is 77.8 Å². The van der Waals surface area contributed by atoms with Gasteiger partial charge in [-0.1, -0.05) is 23.7 Å². The van der Waals surface area contributed by atoms with E-state index >= 15 is 0 Å². The second kappa shape index (κ2) is 11.5. The third kappa shape index (κ3) is 7.19. The van der Waals surface area contributed by atoms with Crippen LogP contribution in [0, 0.1) is 6.92 Å². The van der Waals surface area contributed by atoms with E-state index < -0.39 is 49.2 Å². The summed E-state index contributed by atoms with van der Waals surface area (Å²) in [6, 6.07) is 15.5. The molecule has 1 heterocycles. The van der Waals surface area contributed by atoms with E-state index in [4.69, 9.17) is 11.6 Å². The lowest BCUT2D eigenvalue weighted by Crippen LogP contribution is -2.31. The van der Waals surface area contributed by atoms with E-state index in [0.717, 1.165) is 12.1 Å². The summed E-state index contributed by atoms with van der Waals surface area (Å²) < 4.78 is 86.9. The van der Waals surface area contributed by atoms with E-state index in [1.807, 2.05) is 0 Å². The molecular weight excluding hydrogens is 580 g/mol. The first-order chi connectivity index (χ1) is 19.1. The maximum Gasteiger partial charge on any atom is 0.573 e. The van der Waals surface area contributed by atoms with Gasteiger partial charge in [0.1, 0.15) is 12.4 Å². The zero-order valence-corrected chi connectivity index (χ0v) is 21.8. The minimum Gasteiger partial charge on any atom is -0.479 e. The van der Waals surface area contributed by atoms with Crippen molar-refractivity contribution in [3.05, 3.63) is 94.1 Å². The Morgan fingerprint density at radius 2 is 1.66 bits per heavy atom. The Bertz CT molecular complexity index is 1590. The highest BCUT2D eigenvalue weighted by Gasteiger charge is 2.33. The van der Waals surface area contributed by atoms with Crippen molar-refractivity contribution >= 4 is 34.3 Å². The predicted molar refractivity (Wildman–Crippen MR) is 137 cm³/mol. The molecule has 4 rings (SSSR count). The normalized spacial score (nSPS) is 12.9. The molecule has 13 heteroatoms. The van der Waals surface area contributed by atoms with Crippen LogP contribution < -0.4 is 4.74 Å². The molecule has 0 aliphatic rings. The van der Waals surface area contributed by atoms with Gasteiger partial charge in [0, 0.05) is 39.8 Å². The molecule has 0 radical (unpaired) electrons. The Balaban J connectivity index is 1.83. The second-order valence-corrected chi connectivity index (χ2v) is 9.42. The summed E-state index contributed by atoms with van der Waals surface area (Å²) in [5, 5.41) is 10.1. The summed E-state index contributed by atoms with van der Waals surface area (Å²) >= 11 is 5.93. The van der Waals surface area contributed by atoms with Crippen LogP contribution in [-0.2, 0) is 16.0 Å². The summed E-state index contributed by atoms with van der Waals surface area (Å²) in [5.41, 5.74) is 1.54. The second-order valence-electron chi connectivity index (χ2n) is 8.99. The van der Waals surface area contributed by atoms with E-state index in [2.05, 4.69) is 9.47 Å². The van der Waals surface area contributed by atoms with Gasteiger partial charge >= 0.3 is 18.5 Å². The summed E-state index contributed by atoms with van der Waals surface area (Å²) in [4.78, 5) is 25.1. The molecule has 0 fully saturated rings. The summed E-state index contributed by atoms with van der Waals surface area (Å²) in [6.45, 7) is -0.185. The van der Waals surface area contributed by atoms with Crippen molar-refractivity contribution in [1.29, 1.82) is 0 Å². The minimum absolute atomic E-state index is 0.168. The zero-order chi connectivity index (χ0) is 30.1. The minimum atomic E-state index is -4.98. The Labute approximate surface area is 233 Å². The van der Waals surface area contributed by atoms with Crippen LogP contribution in [-0.4, -0.2) is 46.7 Å². The fraction of sp³-hybridized carbons (Fsp3) is 0.214. The fourth-order valence-electron chi connectivity index (χ4n) is 4.41. The number of carboxylic acid groups (broad SMARTS) is 1. The molecule has 0 bridgehead atoms. The van der Waals surface area contributed by atoms with E-state index in [9.17, 15) is 41.0 Å². The quantitative estimate of drug-likeness (QED) is 0.161. The van der Waals surface area contributed by atoms with Crippen LogP contribution in [0.2, 0.25) is 5.02 Å². The van der Waals surface area contributed by atoms with Gasteiger partial charge in [0.2, 0.25) is 0 Å². The van der Waals surface area contributed by atoms with Crippen molar-refractivity contribution in [3.8, 4) is 11.4 Å². The standard InChI is InChI=1S/C28H20ClF6NO5/c1-15-24(25(37)17-5-7-18(29)8-6-17)21-10-9-20(41-28(33,34)35)13-22(21)36(15)19-4-2-3-16(11-19)12-23(26(38)39)40-14-27(30,31)32/h2-11,13,23H,12,14H2,1H3,(H,38,39). The molecule has 0 aliphatic heterocycles. The summed E-state index contributed by atoms with van der Waals surface area (Å²) in [7, 11) is 0. The molecule has 0 saturated heterocycles. The van der Waals surface area contributed by atoms with Gasteiger partial charge in [0.05, 0.1) is 11.1 Å². The number of carboxylic acids is 1. The first kappa shape index (κ1) is 29.9. The van der Waals surface area contributed by atoms with Crippen LogP contribution in [0.1, 0.15) is 27.2 Å². The number of alkyl halides is 6. The van der Waals surface area contributed by atoms with Crippen molar-refractivity contribution in [2.24, 2.45) is 0 Å². The third-order valence-electron chi connectivity index (χ3n) is 6.06. The number of benzene rings is 3. The van der Waals surface area contributed by atoms with Crippen LogP contribution in [0.25, 0.3) is 16.6 Å². The lowest BCUT2D eigenvalue weighted by molar-refractivity contribution is -0.274.